The van der Waals surface area contributed by atoms with Gasteiger partial charge in [-0.1, -0.05) is 46.3 Å². The fourth-order valence-corrected chi connectivity index (χ4v) is 1.86. The number of carbonyl (C=O) groups is 1. The van der Waals surface area contributed by atoms with Gasteiger partial charge < -0.3 is 9.80 Å². The highest BCUT2D eigenvalue weighted by Crippen LogP contribution is 2.05. The van der Waals surface area contributed by atoms with Crippen molar-refractivity contribution in [3.63, 3.8) is 0 Å². The average Bonchev–Trinajstić information content (AvgIpc) is 2.34. The van der Waals surface area contributed by atoms with Gasteiger partial charge in [0.2, 0.25) is 5.91 Å². The largest absolute Gasteiger partial charge is 0.336 e. The van der Waals surface area contributed by atoms with Gasteiger partial charge in [-0.05, 0) is 19.7 Å². The molecule has 4 heteroatoms. The number of hydrogen-bond donors (Lipinski definition) is 0. The number of rotatable bonds is 6. The topological polar surface area (TPSA) is 23.6 Å². The number of hydrogen-bond acceptors (Lipinski definition) is 2. The zero-order valence-corrected chi connectivity index (χ0v) is 12.0. The Labute approximate surface area is 112 Å². The van der Waals surface area contributed by atoms with E-state index in [-0.39, 0.29) is 5.91 Å². The van der Waals surface area contributed by atoms with Crippen molar-refractivity contribution < 1.29 is 4.79 Å². The summed E-state index contributed by atoms with van der Waals surface area (Å²) in [5, 5.41) is 0.382. The zero-order valence-electron chi connectivity index (χ0n) is 10.4. The second kappa shape index (κ2) is 7.45. The maximum Gasteiger partial charge on any atom is 0.233 e. The third-order valence-electron chi connectivity index (χ3n) is 2.50. The number of alkyl halides is 1. The Morgan fingerprint density at radius 2 is 1.82 bits per heavy atom. The van der Waals surface area contributed by atoms with Gasteiger partial charge >= 0.3 is 0 Å². The van der Waals surface area contributed by atoms with Crippen LogP contribution in [-0.2, 0) is 11.3 Å². The van der Waals surface area contributed by atoms with Crippen LogP contribution in [0.3, 0.4) is 0 Å². The van der Waals surface area contributed by atoms with E-state index < -0.39 is 0 Å². The number of amides is 1. The van der Waals surface area contributed by atoms with E-state index >= 15 is 0 Å². The minimum absolute atomic E-state index is 0.135. The first-order chi connectivity index (χ1) is 8.13. The normalized spacial score (nSPS) is 10.6. The highest BCUT2D eigenvalue weighted by molar-refractivity contribution is 9.09. The first kappa shape index (κ1) is 14.2. The molecule has 0 fully saturated rings. The number of carbonyl (C=O) groups excluding carboxylic acids is 1. The summed E-state index contributed by atoms with van der Waals surface area (Å²) in [5.74, 6) is 0.135. The molecule has 0 heterocycles. The molecule has 1 rings (SSSR count). The molecule has 1 aromatic rings. The standard InChI is InChI=1S/C13H19BrN2O/c1-15(2)8-9-16(13(17)10-14)11-12-6-4-3-5-7-12/h3-7H,8-11H2,1-2H3. The molecular weight excluding hydrogens is 280 g/mol. The van der Waals surface area contributed by atoms with E-state index in [1.165, 1.54) is 5.56 Å². The van der Waals surface area contributed by atoms with Crippen molar-refractivity contribution in [1.29, 1.82) is 0 Å². The molecule has 1 aromatic carbocycles. The Morgan fingerprint density at radius 1 is 1.18 bits per heavy atom. The van der Waals surface area contributed by atoms with Crippen LogP contribution in [0.15, 0.2) is 30.3 Å². The molecule has 0 atom stereocenters. The van der Waals surface area contributed by atoms with Crippen LogP contribution in [0.2, 0.25) is 0 Å². The molecule has 94 valence electrons. The lowest BCUT2D eigenvalue weighted by molar-refractivity contribution is -0.129. The van der Waals surface area contributed by atoms with Crippen LogP contribution >= 0.6 is 15.9 Å². The number of nitrogens with zero attached hydrogens (tertiary/aromatic N) is 2. The predicted octanol–water partition coefficient (Wildman–Crippen LogP) is 1.97. The highest BCUT2D eigenvalue weighted by Gasteiger charge is 2.12. The number of halogens is 1. The second-order valence-corrected chi connectivity index (χ2v) is 4.80. The number of likely N-dealkylation sites (N-methyl/N-ethyl adjacent to an activating group) is 1. The van der Waals surface area contributed by atoms with Crippen molar-refractivity contribution in [2.24, 2.45) is 0 Å². The lowest BCUT2D eigenvalue weighted by Crippen LogP contribution is -2.36. The Bertz CT molecular complexity index is 341. The monoisotopic (exact) mass is 298 g/mol. The summed E-state index contributed by atoms with van der Waals surface area (Å²) in [6, 6.07) is 10.1. The Kier molecular flexibility index (Phi) is 6.22. The lowest BCUT2D eigenvalue weighted by atomic mass is 10.2. The van der Waals surface area contributed by atoms with Gasteiger partial charge in [0.1, 0.15) is 0 Å². The van der Waals surface area contributed by atoms with Crippen molar-refractivity contribution in [3.05, 3.63) is 35.9 Å². The third-order valence-corrected chi connectivity index (χ3v) is 2.98. The zero-order chi connectivity index (χ0) is 12.7. The summed E-state index contributed by atoms with van der Waals surface area (Å²) in [6.07, 6.45) is 0. The molecule has 1 amide bonds. The smallest absolute Gasteiger partial charge is 0.233 e. The summed E-state index contributed by atoms with van der Waals surface area (Å²) in [7, 11) is 4.03. The first-order valence-corrected chi connectivity index (χ1v) is 6.78. The van der Waals surface area contributed by atoms with Crippen molar-refractivity contribution in [2.45, 2.75) is 6.54 Å². The van der Waals surface area contributed by atoms with Gasteiger partial charge in [-0.25, -0.2) is 0 Å². The molecular formula is C13H19BrN2O. The van der Waals surface area contributed by atoms with Gasteiger partial charge in [-0.3, -0.25) is 4.79 Å². The molecule has 0 unspecified atom stereocenters. The summed E-state index contributed by atoms with van der Waals surface area (Å²) < 4.78 is 0. The maximum atomic E-state index is 11.8. The Hall–Kier alpha value is -0.870. The lowest BCUT2D eigenvalue weighted by Gasteiger charge is -2.23. The molecule has 0 bridgehead atoms. The van der Waals surface area contributed by atoms with Gasteiger partial charge in [-0.15, -0.1) is 0 Å². The Balaban J connectivity index is 2.60. The number of benzene rings is 1. The van der Waals surface area contributed by atoms with Crippen LogP contribution in [0.1, 0.15) is 5.56 Å². The van der Waals surface area contributed by atoms with Crippen LogP contribution in [0.5, 0.6) is 0 Å². The van der Waals surface area contributed by atoms with Gasteiger partial charge in [-0.2, -0.15) is 0 Å². The molecule has 0 aromatic heterocycles. The fraction of sp³-hybridized carbons (Fsp3) is 0.462. The van der Waals surface area contributed by atoms with Crippen molar-refractivity contribution >= 4 is 21.8 Å². The van der Waals surface area contributed by atoms with Crippen LogP contribution in [0.4, 0.5) is 0 Å². The fourth-order valence-electron chi connectivity index (χ4n) is 1.50. The van der Waals surface area contributed by atoms with Gasteiger partial charge in [0.15, 0.2) is 0 Å². The predicted molar refractivity (Wildman–Crippen MR) is 74.2 cm³/mol. The average molecular weight is 299 g/mol. The molecule has 0 N–H and O–H groups in total. The van der Waals surface area contributed by atoms with Gasteiger partial charge in [0.25, 0.3) is 0 Å². The summed E-state index contributed by atoms with van der Waals surface area (Å²) in [6.45, 7) is 2.32. The van der Waals surface area contributed by atoms with Crippen molar-refractivity contribution in [1.82, 2.24) is 9.80 Å². The third kappa shape index (κ3) is 5.33. The molecule has 0 aliphatic carbocycles. The Morgan fingerprint density at radius 3 is 2.35 bits per heavy atom. The van der Waals surface area contributed by atoms with Crippen molar-refractivity contribution in [2.75, 3.05) is 32.5 Å². The van der Waals surface area contributed by atoms with Crippen LogP contribution < -0.4 is 0 Å². The highest BCUT2D eigenvalue weighted by atomic mass is 79.9. The molecule has 0 aliphatic heterocycles. The summed E-state index contributed by atoms with van der Waals surface area (Å²) in [4.78, 5) is 15.8. The minimum Gasteiger partial charge on any atom is -0.336 e. The van der Waals surface area contributed by atoms with Crippen LogP contribution in [0, 0.1) is 0 Å². The van der Waals surface area contributed by atoms with E-state index in [9.17, 15) is 4.79 Å². The quantitative estimate of drug-likeness (QED) is 0.750. The molecule has 0 aliphatic rings. The van der Waals surface area contributed by atoms with E-state index in [1.807, 2.05) is 49.3 Å². The van der Waals surface area contributed by atoms with Gasteiger partial charge in [0, 0.05) is 19.6 Å². The molecule has 0 saturated heterocycles. The van der Waals surface area contributed by atoms with E-state index in [1.54, 1.807) is 0 Å². The van der Waals surface area contributed by atoms with Crippen LogP contribution in [0.25, 0.3) is 0 Å². The molecule has 0 spiro atoms. The summed E-state index contributed by atoms with van der Waals surface area (Å²) >= 11 is 3.23. The van der Waals surface area contributed by atoms with Crippen molar-refractivity contribution in [3.8, 4) is 0 Å². The van der Waals surface area contributed by atoms with E-state index in [0.717, 1.165) is 13.1 Å². The molecule has 17 heavy (non-hydrogen) atoms. The molecule has 0 saturated carbocycles. The van der Waals surface area contributed by atoms with Crippen LogP contribution in [-0.4, -0.2) is 48.2 Å². The van der Waals surface area contributed by atoms with Gasteiger partial charge in [0.05, 0.1) is 5.33 Å². The first-order valence-electron chi connectivity index (χ1n) is 5.66. The maximum absolute atomic E-state index is 11.8. The molecule has 3 nitrogen and oxygen atoms in total. The van der Waals surface area contributed by atoms with E-state index in [2.05, 4.69) is 20.8 Å². The summed E-state index contributed by atoms with van der Waals surface area (Å²) in [5.41, 5.74) is 1.17. The molecule has 0 radical (unpaired) electrons. The second-order valence-electron chi connectivity index (χ2n) is 4.24. The SMILES string of the molecule is CN(C)CCN(Cc1ccccc1)C(=O)CBr. The van der Waals surface area contributed by atoms with E-state index in [0.29, 0.717) is 11.9 Å². The van der Waals surface area contributed by atoms with E-state index in [4.69, 9.17) is 0 Å². The minimum atomic E-state index is 0.135.